The fraction of sp³-hybridized carbons (Fsp3) is 0.167. The van der Waals surface area contributed by atoms with Crippen molar-refractivity contribution in [1.29, 1.82) is 0 Å². The first-order valence-corrected chi connectivity index (χ1v) is 5.77. The number of carbonyl (C=O) groups excluding carboxylic acids is 1. The maximum Gasteiger partial charge on any atom is 0.325 e. The summed E-state index contributed by atoms with van der Waals surface area (Å²) in [5, 5.41) is 4.22. The van der Waals surface area contributed by atoms with E-state index in [4.69, 9.17) is 26.6 Å². The monoisotopic (exact) mass is 281 g/mol. The molecule has 2 aromatic rings. The summed E-state index contributed by atoms with van der Waals surface area (Å²) >= 11 is 5.94. The maximum atomic E-state index is 11.7. The molecular formula is C12H12ClN3O3. The molecule has 0 fully saturated rings. The highest BCUT2D eigenvalue weighted by atomic mass is 35.5. The molecule has 19 heavy (non-hydrogen) atoms. The average molecular weight is 282 g/mol. The number of aromatic nitrogens is 1. The normalized spacial score (nSPS) is 10.3. The third kappa shape index (κ3) is 2.63. The van der Waals surface area contributed by atoms with Gasteiger partial charge in [-0.25, -0.2) is 9.69 Å². The standard InChI is InChI=1S/C12H12ClN3O3/c1-7-5-11(15-19-7)16(12(14)17)9-6-8(13)3-4-10(9)18-2/h3-6H,1-2H3,(H2,14,17). The molecule has 1 aromatic carbocycles. The van der Waals surface area contributed by atoms with Gasteiger partial charge in [-0.1, -0.05) is 16.8 Å². The number of nitrogens with zero attached hydrogens (tertiary/aromatic N) is 2. The van der Waals surface area contributed by atoms with E-state index in [0.717, 1.165) is 0 Å². The molecule has 0 bridgehead atoms. The number of nitrogens with two attached hydrogens (primary N) is 1. The smallest absolute Gasteiger partial charge is 0.325 e. The van der Waals surface area contributed by atoms with Gasteiger partial charge in [0.15, 0.2) is 5.82 Å². The molecule has 0 saturated carbocycles. The summed E-state index contributed by atoms with van der Waals surface area (Å²) in [6, 6.07) is 5.73. The van der Waals surface area contributed by atoms with Crippen molar-refractivity contribution in [2.24, 2.45) is 5.73 Å². The molecule has 0 aliphatic carbocycles. The zero-order valence-electron chi connectivity index (χ0n) is 10.4. The van der Waals surface area contributed by atoms with Crippen LogP contribution in [0.4, 0.5) is 16.3 Å². The lowest BCUT2D eigenvalue weighted by Crippen LogP contribution is -2.32. The van der Waals surface area contributed by atoms with Gasteiger partial charge in [-0.15, -0.1) is 0 Å². The van der Waals surface area contributed by atoms with Crippen LogP contribution in [0.15, 0.2) is 28.8 Å². The van der Waals surface area contributed by atoms with Gasteiger partial charge in [0.2, 0.25) is 0 Å². The van der Waals surface area contributed by atoms with Crippen LogP contribution in [0, 0.1) is 6.92 Å². The molecule has 6 nitrogen and oxygen atoms in total. The topological polar surface area (TPSA) is 81.6 Å². The van der Waals surface area contributed by atoms with Gasteiger partial charge < -0.3 is 15.0 Å². The third-order valence-corrected chi connectivity index (χ3v) is 2.68. The highest BCUT2D eigenvalue weighted by Crippen LogP contribution is 2.35. The lowest BCUT2D eigenvalue weighted by molar-refractivity contribution is 0.255. The second kappa shape index (κ2) is 5.19. The predicted octanol–water partition coefficient (Wildman–Crippen LogP) is 2.86. The zero-order valence-corrected chi connectivity index (χ0v) is 11.1. The minimum Gasteiger partial charge on any atom is -0.495 e. The minimum atomic E-state index is -0.714. The molecule has 2 rings (SSSR count). The number of urea groups is 1. The Hall–Kier alpha value is -2.21. The van der Waals surface area contributed by atoms with E-state index in [-0.39, 0.29) is 5.82 Å². The van der Waals surface area contributed by atoms with Gasteiger partial charge in [0.25, 0.3) is 0 Å². The van der Waals surface area contributed by atoms with E-state index in [1.165, 1.54) is 12.0 Å². The zero-order chi connectivity index (χ0) is 14.0. The van der Waals surface area contributed by atoms with E-state index < -0.39 is 6.03 Å². The predicted molar refractivity (Wildman–Crippen MR) is 71.0 cm³/mol. The lowest BCUT2D eigenvalue weighted by atomic mass is 10.2. The Morgan fingerprint density at radius 3 is 2.74 bits per heavy atom. The Morgan fingerprint density at radius 2 is 2.21 bits per heavy atom. The van der Waals surface area contributed by atoms with Gasteiger partial charge in [-0.3, -0.25) is 0 Å². The Bertz CT molecular complexity index is 612. The van der Waals surface area contributed by atoms with Crippen LogP contribution in [-0.2, 0) is 0 Å². The van der Waals surface area contributed by atoms with Crippen LogP contribution in [0.2, 0.25) is 5.02 Å². The van der Waals surface area contributed by atoms with Crippen LogP contribution < -0.4 is 15.4 Å². The van der Waals surface area contributed by atoms with E-state index in [0.29, 0.717) is 22.2 Å². The molecule has 100 valence electrons. The average Bonchev–Trinajstić information content (AvgIpc) is 2.76. The Balaban J connectivity index is 2.56. The highest BCUT2D eigenvalue weighted by molar-refractivity contribution is 6.31. The molecule has 0 aliphatic heterocycles. The third-order valence-electron chi connectivity index (χ3n) is 2.45. The number of amides is 2. The van der Waals surface area contributed by atoms with E-state index >= 15 is 0 Å². The number of hydrogen-bond acceptors (Lipinski definition) is 4. The van der Waals surface area contributed by atoms with Crippen LogP contribution in [0.25, 0.3) is 0 Å². The molecule has 0 radical (unpaired) electrons. The molecular weight excluding hydrogens is 270 g/mol. The van der Waals surface area contributed by atoms with Gasteiger partial charge in [0, 0.05) is 11.1 Å². The van der Waals surface area contributed by atoms with Gasteiger partial charge in [0.1, 0.15) is 11.5 Å². The van der Waals surface area contributed by atoms with Gasteiger partial charge in [-0.2, -0.15) is 0 Å². The van der Waals surface area contributed by atoms with Crippen LogP contribution in [0.1, 0.15) is 5.76 Å². The van der Waals surface area contributed by atoms with Gasteiger partial charge in [-0.05, 0) is 25.1 Å². The number of hydrogen-bond donors (Lipinski definition) is 1. The summed E-state index contributed by atoms with van der Waals surface area (Å²) in [6.07, 6.45) is 0. The summed E-state index contributed by atoms with van der Waals surface area (Å²) in [5.41, 5.74) is 5.79. The summed E-state index contributed by atoms with van der Waals surface area (Å²) in [4.78, 5) is 12.8. The summed E-state index contributed by atoms with van der Waals surface area (Å²) in [6.45, 7) is 1.71. The van der Waals surface area contributed by atoms with Crippen molar-refractivity contribution in [2.45, 2.75) is 6.92 Å². The van der Waals surface area contributed by atoms with Crippen LogP contribution in [0.3, 0.4) is 0 Å². The van der Waals surface area contributed by atoms with Crippen molar-refractivity contribution < 1.29 is 14.1 Å². The number of benzene rings is 1. The van der Waals surface area contributed by atoms with Gasteiger partial charge >= 0.3 is 6.03 Å². The van der Waals surface area contributed by atoms with E-state index in [9.17, 15) is 4.79 Å². The van der Waals surface area contributed by atoms with Crippen molar-refractivity contribution in [3.63, 3.8) is 0 Å². The summed E-state index contributed by atoms with van der Waals surface area (Å²) in [5.74, 6) is 1.27. The van der Waals surface area contributed by atoms with E-state index in [1.807, 2.05) is 0 Å². The fourth-order valence-electron chi connectivity index (χ4n) is 1.65. The lowest BCUT2D eigenvalue weighted by Gasteiger charge is -2.19. The van der Waals surface area contributed by atoms with Crippen LogP contribution in [-0.4, -0.2) is 18.3 Å². The number of aryl methyl sites for hydroxylation is 1. The van der Waals surface area contributed by atoms with E-state index in [1.54, 1.807) is 31.2 Å². The number of carbonyl (C=O) groups is 1. The largest absolute Gasteiger partial charge is 0.495 e. The van der Waals surface area contributed by atoms with Crippen LogP contribution >= 0.6 is 11.6 Å². The Kier molecular flexibility index (Phi) is 3.62. The SMILES string of the molecule is COc1ccc(Cl)cc1N(C(N)=O)c1cc(C)on1. The van der Waals surface area contributed by atoms with Crippen molar-refractivity contribution in [3.8, 4) is 5.75 Å². The van der Waals surface area contributed by atoms with Crippen molar-refractivity contribution in [2.75, 3.05) is 12.0 Å². The first-order chi connectivity index (χ1) is 9.02. The molecule has 7 heteroatoms. The van der Waals surface area contributed by atoms with Crippen molar-refractivity contribution >= 4 is 29.1 Å². The fourth-order valence-corrected chi connectivity index (χ4v) is 1.82. The second-order valence-corrected chi connectivity index (χ2v) is 4.22. The molecule has 2 amide bonds. The van der Waals surface area contributed by atoms with Crippen molar-refractivity contribution in [3.05, 3.63) is 35.0 Å². The quantitative estimate of drug-likeness (QED) is 0.938. The Labute approximate surface area is 114 Å². The van der Waals surface area contributed by atoms with Crippen LogP contribution in [0.5, 0.6) is 5.75 Å². The first-order valence-electron chi connectivity index (χ1n) is 5.39. The number of halogens is 1. The molecule has 0 spiro atoms. The highest BCUT2D eigenvalue weighted by Gasteiger charge is 2.22. The molecule has 0 aliphatic rings. The second-order valence-electron chi connectivity index (χ2n) is 3.79. The number of anilines is 2. The first kappa shape index (κ1) is 13.2. The maximum absolute atomic E-state index is 11.7. The number of methoxy groups -OCH3 is 1. The van der Waals surface area contributed by atoms with Gasteiger partial charge in [0.05, 0.1) is 12.8 Å². The minimum absolute atomic E-state index is 0.269. The summed E-state index contributed by atoms with van der Waals surface area (Å²) < 4.78 is 10.1. The Morgan fingerprint density at radius 1 is 1.47 bits per heavy atom. The molecule has 2 N–H and O–H groups in total. The molecule has 0 saturated heterocycles. The molecule has 0 atom stereocenters. The molecule has 1 aromatic heterocycles. The molecule has 1 heterocycles. The molecule has 0 unspecified atom stereocenters. The number of primary amides is 1. The van der Waals surface area contributed by atoms with E-state index in [2.05, 4.69) is 5.16 Å². The number of ether oxygens (including phenoxy) is 1. The van der Waals surface area contributed by atoms with Crippen molar-refractivity contribution in [1.82, 2.24) is 5.16 Å². The number of rotatable bonds is 3. The summed E-state index contributed by atoms with van der Waals surface area (Å²) in [7, 11) is 1.49.